The molecule has 7 heteroatoms. The highest BCUT2D eigenvalue weighted by molar-refractivity contribution is 6.20. The average Bonchev–Trinajstić information content (AvgIpc) is 2.64. The first kappa shape index (κ1) is 13.2. The van der Waals surface area contributed by atoms with Gasteiger partial charge in [-0.25, -0.2) is 4.79 Å². The summed E-state index contributed by atoms with van der Waals surface area (Å²) in [6.07, 6.45) is -1.11. The fourth-order valence-corrected chi connectivity index (χ4v) is 1.61. The van der Waals surface area contributed by atoms with Gasteiger partial charge >= 0.3 is 5.97 Å². The lowest BCUT2D eigenvalue weighted by atomic mass is 10.1. The first-order valence-corrected chi connectivity index (χ1v) is 5.60. The van der Waals surface area contributed by atoms with Gasteiger partial charge in [-0.2, -0.15) is 4.89 Å². The Morgan fingerprint density at radius 2 is 1.79 bits per heavy atom. The zero-order valence-corrected chi connectivity index (χ0v) is 10.0. The summed E-state index contributed by atoms with van der Waals surface area (Å²) in [6, 6.07) is 6.18. The maximum Gasteiger partial charge on any atom is 0.336 e. The van der Waals surface area contributed by atoms with E-state index in [0.29, 0.717) is 5.06 Å². The number of hydrogen-bond donors (Lipinski definition) is 1. The number of nitrogens with zero attached hydrogens (tertiary/aromatic N) is 1. The molecule has 0 spiro atoms. The van der Waals surface area contributed by atoms with E-state index in [1.807, 2.05) is 0 Å². The van der Waals surface area contributed by atoms with E-state index in [9.17, 15) is 14.4 Å². The third-order valence-corrected chi connectivity index (χ3v) is 2.64. The maximum absolute atomic E-state index is 11.8. The Balaban J connectivity index is 2.10. The Hall–Kier alpha value is -2.25. The van der Waals surface area contributed by atoms with Crippen molar-refractivity contribution in [1.82, 2.24) is 5.06 Å². The molecule has 0 aromatic heterocycles. The second kappa shape index (κ2) is 5.17. The molecule has 1 aromatic carbocycles. The van der Waals surface area contributed by atoms with Crippen LogP contribution in [0.2, 0.25) is 0 Å². The van der Waals surface area contributed by atoms with E-state index in [1.165, 1.54) is 12.1 Å². The Morgan fingerprint density at radius 3 is 2.21 bits per heavy atom. The number of hydrogen-bond acceptors (Lipinski definition) is 5. The Kier molecular flexibility index (Phi) is 3.59. The van der Waals surface area contributed by atoms with E-state index in [-0.39, 0.29) is 17.5 Å². The fraction of sp³-hybridized carbons (Fsp3) is 0.250. The summed E-state index contributed by atoms with van der Waals surface area (Å²) in [5.41, 5.74) is 0.388. The molecule has 1 heterocycles. The molecule has 1 N–H and O–H groups in total. The van der Waals surface area contributed by atoms with Crippen molar-refractivity contribution in [2.24, 2.45) is 0 Å². The minimum absolute atomic E-state index is 0.137. The summed E-state index contributed by atoms with van der Waals surface area (Å²) in [6.45, 7) is 1.57. The fourth-order valence-electron chi connectivity index (χ4n) is 1.61. The van der Waals surface area contributed by atoms with Crippen LogP contribution in [0, 0.1) is 0 Å². The number of carbonyl (C=O) groups excluding carboxylic acids is 2. The van der Waals surface area contributed by atoms with Crippen molar-refractivity contribution in [3.8, 4) is 0 Å². The minimum Gasteiger partial charge on any atom is -0.479 e. The number of aliphatic carboxylic acids is 1. The largest absolute Gasteiger partial charge is 0.479 e. The van der Waals surface area contributed by atoms with Gasteiger partial charge in [0.1, 0.15) is 0 Å². The van der Waals surface area contributed by atoms with Crippen LogP contribution in [0.3, 0.4) is 0 Å². The van der Waals surface area contributed by atoms with Crippen LogP contribution in [0.1, 0.15) is 34.1 Å². The van der Waals surface area contributed by atoms with E-state index in [4.69, 9.17) is 5.11 Å². The number of carbonyl (C=O) groups is 3. The molecule has 2 rings (SSSR count). The van der Waals surface area contributed by atoms with E-state index in [1.54, 1.807) is 19.1 Å². The van der Waals surface area contributed by atoms with Crippen LogP contribution in [0.5, 0.6) is 0 Å². The molecular weight excluding hydrogens is 254 g/mol. The monoisotopic (exact) mass is 265 g/mol. The molecule has 1 atom stereocenters. The van der Waals surface area contributed by atoms with Crippen LogP contribution in [-0.4, -0.2) is 34.1 Å². The van der Waals surface area contributed by atoms with E-state index >= 15 is 0 Å². The summed E-state index contributed by atoms with van der Waals surface area (Å²) < 4.78 is 0. The van der Waals surface area contributed by atoms with Gasteiger partial charge < -0.3 is 5.11 Å². The number of amides is 2. The summed E-state index contributed by atoms with van der Waals surface area (Å²) in [4.78, 5) is 43.6. The maximum atomic E-state index is 11.8. The van der Waals surface area contributed by atoms with Gasteiger partial charge in [-0.1, -0.05) is 24.0 Å². The van der Waals surface area contributed by atoms with Gasteiger partial charge in [0.2, 0.25) is 0 Å². The highest BCUT2D eigenvalue weighted by atomic mass is 17.3. The van der Waals surface area contributed by atoms with Gasteiger partial charge in [-0.15, -0.1) is 5.06 Å². The summed E-state index contributed by atoms with van der Waals surface area (Å²) in [5, 5.41) is 9.17. The molecule has 1 aromatic rings. The normalized spacial score (nSPS) is 15.5. The zero-order valence-electron chi connectivity index (χ0n) is 10.0. The second-order valence-corrected chi connectivity index (χ2v) is 3.86. The van der Waals surface area contributed by atoms with E-state index in [0.717, 1.165) is 0 Å². The lowest BCUT2D eigenvalue weighted by Gasteiger charge is -2.14. The van der Waals surface area contributed by atoms with Gasteiger partial charge in [0.25, 0.3) is 11.8 Å². The highest BCUT2D eigenvalue weighted by Gasteiger charge is 2.38. The smallest absolute Gasteiger partial charge is 0.336 e. The summed E-state index contributed by atoms with van der Waals surface area (Å²) in [7, 11) is 0. The molecule has 100 valence electrons. The molecule has 1 aliphatic heterocycles. The third-order valence-electron chi connectivity index (χ3n) is 2.64. The SMILES string of the molecule is CCC(OON1C(=O)c2ccccc2C1=O)C(=O)O. The number of carboxylic acids is 1. The summed E-state index contributed by atoms with van der Waals surface area (Å²) in [5.74, 6) is -2.60. The lowest BCUT2D eigenvalue weighted by molar-refractivity contribution is -0.402. The Bertz CT molecular complexity index is 506. The van der Waals surface area contributed by atoms with Gasteiger partial charge in [-0.3, -0.25) is 9.59 Å². The van der Waals surface area contributed by atoms with Crippen molar-refractivity contribution < 1.29 is 29.4 Å². The van der Waals surface area contributed by atoms with Gasteiger partial charge in [-0.05, 0) is 18.6 Å². The lowest BCUT2D eigenvalue weighted by Crippen LogP contribution is -2.34. The average molecular weight is 265 g/mol. The number of rotatable bonds is 5. The van der Waals surface area contributed by atoms with Crippen LogP contribution in [0.4, 0.5) is 0 Å². The minimum atomic E-state index is -1.25. The van der Waals surface area contributed by atoms with Crippen LogP contribution >= 0.6 is 0 Å². The predicted molar refractivity (Wildman–Crippen MR) is 60.8 cm³/mol. The standard InChI is InChI=1S/C12H11NO6/c1-2-9(12(16)17)18-19-13-10(14)7-5-3-4-6-8(7)11(13)15/h3-6,9H,2H2,1H3,(H,16,17). The Morgan fingerprint density at radius 1 is 1.26 bits per heavy atom. The van der Waals surface area contributed by atoms with Crippen molar-refractivity contribution in [3.63, 3.8) is 0 Å². The van der Waals surface area contributed by atoms with Gasteiger partial charge in [0, 0.05) is 0 Å². The van der Waals surface area contributed by atoms with Crippen molar-refractivity contribution in [2.75, 3.05) is 0 Å². The molecule has 1 aliphatic rings. The van der Waals surface area contributed by atoms with Crippen molar-refractivity contribution in [3.05, 3.63) is 35.4 Å². The first-order valence-electron chi connectivity index (χ1n) is 5.60. The molecule has 0 aliphatic carbocycles. The van der Waals surface area contributed by atoms with Crippen LogP contribution in [0.15, 0.2) is 24.3 Å². The number of imide groups is 1. The quantitative estimate of drug-likeness (QED) is 0.485. The van der Waals surface area contributed by atoms with Crippen LogP contribution in [-0.2, 0) is 14.7 Å². The van der Waals surface area contributed by atoms with Crippen molar-refractivity contribution >= 4 is 17.8 Å². The van der Waals surface area contributed by atoms with Crippen LogP contribution in [0.25, 0.3) is 0 Å². The molecule has 1 unspecified atom stereocenters. The molecule has 0 saturated carbocycles. The number of hydroxylamine groups is 2. The molecule has 0 radical (unpaired) electrons. The topological polar surface area (TPSA) is 93.1 Å². The van der Waals surface area contributed by atoms with E-state index in [2.05, 4.69) is 9.88 Å². The first-order chi connectivity index (χ1) is 9.06. The van der Waals surface area contributed by atoms with Crippen molar-refractivity contribution in [1.29, 1.82) is 0 Å². The molecular formula is C12H11NO6. The summed E-state index contributed by atoms with van der Waals surface area (Å²) >= 11 is 0. The third kappa shape index (κ3) is 2.33. The number of carboxylic acid groups (broad SMARTS) is 1. The molecule has 0 fully saturated rings. The van der Waals surface area contributed by atoms with E-state index < -0.39 is 23.9 Å². The molecule has 2 amide bonds. The molecule has 7 nitrogen and oxygen atoms in total. The highest BCUT2D eigenvalue weighted by Crippen LogP contribution is 2.23. The number of benzene rings is 1. The zero-order chi connectivity index (χ0) is 14.0. The predicted octanol–water partition coefficient (Wildman–Crippen LogP) is 1.01. The van der Waals surface area contributed by atoms with Crippen molar-refractivity contribution in [2.45, 2.75) is 19.4 Å². The Labute approximate surface area is 108 Å². The van der Waals surface area contributed by atoms with Gasteiger partial charge in [0.05, 0.1) is 11.1 Å². The number of fused-ring (bicyclic) bond motifs is 1. The molecule has 0 saturated heterocycles. The second-order valence-electron chi connectivity index (χ2n) is 3.86. The van der Waals surface area contributed by atoms with Crippen LogP contribution < -0.4 is 0 Å². The van der Waals surface area contributed by atoms with Gasteiger partial charge in [0.15, 0.2) is 6.10 Å². The molecule has 0 bridgehead atoms. The molecule has 19 heavy (non-hydrogen) atoms.